The summed E-state index contributed by atoms with van der Waals surface area (Å²) in [6, 6.07) is 0. The zero-order valence-electron chi connectivity index (χ0n) is 17.8. The van der Waals surface area contributed by atoms with E-state index in [2.05, 4.69) is 15.5 Å². The Morgan fingerprint density at radius 1 is 1.33 bits per heavy atom. The Hall–Kier alpha value is -2.24. The summed E-state index contributed by atoms with van der Waals surface area (Å²) >= 11 is 1.12. The summed E-state index contributed by atoms with van der Waals surface area (Å²) in [6.45, 7) is 8.23. The molecule has 1 saturated heterocycles. The van der Waals surface area contributed by atoms with E-state index in [1.165, 1.54) is 0 Å². The second-order valence-corrected chi connectivity index (χ2v) is 8.18. The number of carbonyl (C=O) groups excluding carboxylic acids is 2. The monoisotopic (exact) mass is 443 g/mol. The predicted molar refractivity (Wildman–Crippen MR) is 111 cm³/mol. The number of rotatable bonds is 9. The van der Waals surface area contributed by atoms with Crippen molar-refractivity contribution in [3.8, 4) is 0 Å². The lowest BCUT2D eigenvalue weighted by Gasteiger charge is -2.22. The first-order valence-electron chi connectivity index (χ1n) is 9.84. The fraction of sp³-hybridized carbons (Fsp3) is 0.684. The molecular weight excluding hydrogens is 414 g/mol. The van der Waals surface area contributed by atoms with Crippen LogP contribution in [0.1, 0.15) is 52.7 Å². The third kappa shape index (κ3) is 8.64. The molecule has 2 rings (SSSR count). The van der Waals surface area contributed by atoms with Crippen molar-refractivity contribution in [3.63, 3.8) is 0 Å². The fourth-order valence-corrected chi connectivity index (χ4v) is 3.07. The first-order valence-corrected chi connectivity index (χ1v) is 10.7. The van der Waals surface area contributed by atoms with Crippen LogP contribution in [-0.4, -0.2) is 61.1 Å². The van der Waals surface area contributed by atoms with Crippen LogP contribution in [0, 0.1) is 0 Å². The van der Waals surface area contributed by atoms with Crippen LogP contribution in [0.3, 0.4) is 0 Å². The highest BCUT2D eigenvalue weighted by atomic mass is 32.1. The van der Waals surface area contributed by atoms with Crippen molar-refractivity contribution in [1.82, 2.24) is 4.98 Å². The Labute approximate surface area is 179 Å². The van der Waals surface area contributed by atoms with Gasteiger partial charge in [-0.1, -0.05) is 5.16 Å². The molecule has 1 aliphatic rings. The lowest BCUT2D eigenvalue weighted by Crippen LogP contribution is -2.27. The SMILES string of the molecule is CCOC(=O)C(=NOCCOC1CCCCO1)c1csc(NC(=O)OC(C)(C)C)n1. The van der Waals surface area contributed by atoms with Crippen LogP contribution in [0.25, 0.3) is 0 Å². The molecule has 0 aliphatic carbocycles. The number of nitrogens with zero attached hydrogens (tertiary/aromatic N) is 2. The van der Waals surface area contributed by atoms with E-state index in [-0.39, 0.29) is 42.6 Å². The van der Waals surface area contributed by atoms with Crippen LogP contribution < -0.4 is 5.32 Å². The van der Waals surface area contributed by atoms with Crippen molar-refractivity contribution in [3.05, 3.63) is 11.1 Å². The summed E-state index contributed by atoms with van der Waals surface area (Å²) in [6.07, 6.45) is 2.10. The zero-order valence-corrected chi connectivity index (χ0v) is 18.6. The first-order chi connectivity index (χ1) is 14.3. The third-order valence-electron chi connectivity index (χ3n) is 3.60. The van der Waals surface area contributed by atoms with Crippen LogP contribution in [-0.2, 0) is 28.6 Å². The third-order valence-corrected chi connectivity index (χ3v) is 4.35. The predicted octanol–water partition coefficient (Wildman–Crippen LogP) is 3.32. The van der Waals surface area contributed by atoms with E-state index in [4.69, 9.17) is 23.8 Å². The molecule has 1 amide bonds. The number of oxime groups is 1. The summed E-state index contributed by atoms with van der Waals surface area (Å²) in [5.74, 6) is -0.678. The Kier molecular flexibility index (Phi) is 9.47. The number of aromatic nitrogens is 1. The number of anilines is 1. The van der Waals surface area contributed by atoms with Gasteiger partial charge in [-0.05, 0) is 47.0 Å². The second kappa shape index (κ2) is 11.8. The highest BCUT2D eigenvalue weighted by Crippen LogP contribution is 2.18. The zero-order chi connectivity index (χ0) is 22.0. The molecule has 1 aromatic heterocycles. The van der Waals surface area contributed by atoms with Gasteiger partial charge < -0.3 is 23.8 Å². The average Bonchev–Trinajstić information content (AvgIpc) is 3.11. The summed E-state index contributed by atoms with van der Waals surface area (Å²) in [5.41, 5.74) is -0.513. The van der Waals surface area contributed by atoms with Gasteiger partial charge in [0.05, 0.1) is 13.2 Å². The van der Waals surface area contributed by atoms with Crippen LogP contribution in [0.15, 0.2) is 10.5 Å². The molecular formula is C19H29N3O7S. The summed E-state index contributed by atoms with van der Waals surface area (Å²) in [5, 5.41) is 8.22. The van der Waals surface area contributed by atoms with Gasteiger partial charge in [0.25, 0.3) is 0 Å². The minimum absolute atomic E-state index is 0.0979. The van der Waals surface area contributed by atoms with E-state index in [0.717, 1.165) is 30.6 Å². The number of esters is 1. The van der Waals surface area contributed by atoms with Crippen LogP contribution >= 0.6 is 11.3 Å². The standard InChI is InChI=1S/C19H29N3O7S/c1-5-25-16(23)15(22-28-11-10-27-14-8-6-7-9-26-14)13-12-30-17(20-13)21-18(24)29-19(2,3)4/h12,14H,5-11H2,1-4H3,(H,20,21,24). The Morgan fingerprint density at radius 2 is 2.13 bits per heavy atom. The molecule has 10 nitrogen and oxygen atoms in total. The van der Waals surface area contributed by atoms with E-state index >= 15 is 0 Å². The molecule has 0 radical (unpaired) electrons. The van der Waals surface area contributed by atoms with E-state index in [1.807, 2.05) is 0 Å². The minimum Gasteiger partial charge on any atom is -0.461 e. The van der Waals surface area contributed by atoms with Gasteiger partial charge in [0.2, 0.25) is 5.71 Å². The van der Waals surface area contributed by atoms with Crippen LogP contribution in [0.5, 0.6) is 0 Å². The van der Waals surface area contributed by atoms with Gasteiger partial charge in [-0.25, -0.2) is 14.6 Å². The maximum absolute atomic E-state index is 12.2. The van der Waals surface area contributed by atoms with Crippen molar-refractivity contribution in [2.24, 2.45) is 5.16 Å². The van der Waals surface area contributed by atoms with E-state index in [9.17, 15) is 9.59 Å². The molecule has 0 bridgehead atoms. The molecule has 168 valence electrons. The Morgan fingerprint density at radius 3 is 2.80 bits per heavy atom. The average molecular weight is 444 g/mol. The van der Waals surface area contributed by atoms with Crippen molar-refractivity contribution in [2.45, 2.75) is 58.8 Å². The molecule has 1 N–H and O–H groups in total. The van der Waals surface area contributed by atoms with E-state index < -0.39 is 17.7 Å². The summed E-state index contributed by atoms with van der Waals surface area (Å²) in [4.78, 5) is 33.5. The van der Waals surface area contributed by atoms with Crippen LogP contribution in [0.4, 0.5) is 9.93 Å². The van der Waals surface area contributed by atoms with Gasteiger partial charge in [-0.2, -0.15) is 0 Å². The van der Waals surface area contributed by atoms with Crippen molar-refractivity contribution < 1.29 is 33.4 Å². The smallest absolute Gasteiger partial charge is 0.413 e. The maximum atomic E-state index is 12.2. The second-order valence-electron chi connectivity index (χ2n) is 7.33. The van der Waals surface area contributed by atoms with Crippen molar-refractivity contribution in [1.29, 1.82) is 0 Å². The molecule has 0 spiro atoms. The number of thiazole rings is 1. The largest absolute Gasteiger partial charge is 0.461 e. The Bertz CT molecular complexity index is 724. The van der Waals surface area contributed by atoms with E-state index in [0.29, 0.717) is 6.61 Å². The van der Waals surface area contributed by atoms with Gasteiger partial charge in [0.15, 0.2) is 11.4 Å². The molecule has 11 heteroatoms. The number of ether oxygens (including phenoxy) is 4. The number of carbonyl (C=O) groups is 2. The highest BCUT2D eigenvalue weighted by molar-refractivity contribution is 7.14. The fourth-order valence-electron chi connectivity index (χ4n) is 2.39. The molecule has 1 fully saturated rings. The minimum atomic E-state index is -0.678. The molecule has 2 heterocycles. The molecule has 1 aliphatic heterocycles. The Balaban J connectivity index is 1.93. The lowest BCUT2D eigenvalue weighted by atomic mass is 10.2. The van der Waals surface area contributed by atoms with Gasteiger partial charge in [0.1, 0.15) is 17.9 Å². The number of hydrogen-bond acceptors (Lipinski definition) is 10. The molecule has 1 atom stereocenters. The summed E-state index contributed by atoms with van der Waals surface area (Å²) < 4.78 is 21.2. The number of nitrogens with one attached hydrogen (secondary N) is 1. The highest BCUT2D eigenvalue weighted by Gasteiger charge is 2.22. The number of amides is 1. The van der Waals surface area contributed by atoms with Crippen molar-refractivity contribution >= 4 is 34.2 Å². The van der Waals surface area contributed by atoms with Gasteiger partial charge in [-0.3, -0.25) is 5.32 Å². The molecule has 1 aromatic rings. The molecule has 0 saturated carbocycles. The topological polar surface area (TPSA) is 118 Å². The molecule has 1 unspecified atom stereocenters. The number of hydrogen-bond donors (Lipinski definition) is 1. The van der Waals surface area contributed by atoms with E-state index in [1.54, 1.807) is 33.1 Å². The quantitative estimate of drug-likeness (QED) is 0.267. The molecule has 30 heavy (non-hydrogen) atoms. The van der Waals surface area contributed by atoms with Gasteiger partial charge in [-0.15, -0.1) is 11.3 Å². The van der Waals surface area contributed by atoms with Crippen LogP contribution in [0.2, 0.25) is 0 Å². The molecule has 0 aromatic carbocycles. The van der Waals surface area contributed by atoms with Gasteiger partial charge in [0, 0.05) is 12.0 Å². The van der Waals surface area contributed by atoms with Crippen molar-refractivity contribution in [2.75, 3.05) is 31.7 Å². The normalized spacial score (nSPS) is 17.3. The lowest BCUT2D eigenvalue weighted by molar-refractivity contribution is -0.169. The first kappa shape index (κ1) is 24.0. The summed E-state index contributed by atoms with van der Waals surface area (Å²) in [7, 11) is 0. The van der Waals surface area contributed by atoms with Gasteiger partial charge >= 0.3 is 12.1 Å². The maximum Gasteiger partial charge on any atom is 0.413 e.